The van der Waals surface area contributed by atoms with Gasteiger partial charge in [-0.05, 0) is 48.4 Å². The van der Waals surface area contributed by atoms with E-state index in [-0.39, 0.29) is 30.6 Å². The Bertz CT molecular complexity index is 1220. The van der Waals surface area contributed by atoms with Gasteiger partial charge >= 0.3 is 0 Å². The third-order valence-corrected chi connectivity index (χ3v) is 6.13. The number of allylic oxidation sites excluding steroid dienone is 1. The third-order valence-electron chi connectivity index (χ3n) is 5.09. The van der Waals surface area contributed by atoms with Crippen molar-refractivity contribution in [3.63, 3.8) is 0 Å². The summed E-state index contributed by atoms with van der Waals surface area (Å²) in [6, 6.07) is 12.7. The molecule has 1 aromatic heterocycles. The molecule has 1 aliphatic heterocycles. The summed E-state index contributed by atoms with van der Waals surface area (Å²) >= 11 is 1.47. The lowest BCUT2D eigenvalue weighted by molar-refractivity contribution is -0.121. The van der Waals surface area contributed by atoms with E-state index in [1.54, 1.807) is 30.3 Å². The molecule has 0 bridgehead atoms. The summed E-state index contributed by atoms with van der Waals surface area (Å²) in [6.45, 7) is 6.47. The first-order valence-corrected chi connectivity index (χ1v) is 10.6. The fraction of sp³-hybridized carbons (Fsp3) is 0.217. The number of nitrogens with zero attached hydrogens (tertiary/aromatic N) is 3. The summed E-state index contributed by atoms with van der Waals surface area (Å²) in [5.41, 5.74) is 3.13. The normalized spacial score (nSPS) is 14.7. The zero-order chi connectivity index (χ0) is 21.3. The van der Waals surface area contributed by atoms with E-state index in [1.165, 1.54) is 21.8 Å². The second kappa shape index (κ2) is 8.20. The van der Waals surface area contributed by atoms with E-state index >= 15 is 0 Å². The Balaban J connectivity index is 1.69. The van der Waals surface area contributed by atoms with Gasteiger partial charge in [-0.25, -0.2) is 0 Å². The molecule has 0 aliphatic carbocycles. The van der Waals surface area contributed by atoms with Crippen LogP contribution in [0.5, 0.6) is 0 Å². The average molecular weight is 420 g/mol. The predicted octanol–water partition coefficient (Wildman–Crippen LogP) is 3.85. The molecule has 0 N–H and O–H groups in total. The van der Waals surface area contributed by atoms with Gasteiger partial charge in [0.25, 0.3) is 5.91 Å². The number of hydrogen-bond acceptors (Lipinski definition) is 4. The molecule has 0 atom stereocenters. The lowest BCUT2D eigenvalue weighted by Gasteiger charge is -2.13. The quantitative estimate of drug-likeness (QED) is 0.466. The second-order valence-corrected chi connectivity index (χ2v) is 8.04. The van der Waals surface area contributed by atoms with Crippen LogP contribution in [0.4, 0.5) is 5.69 Å². The Morgan fingerprint density at radius 2 is 1.83 bits per heavy atom. The number of aromatic nitrogens is 1. The van der Waals surface area contributed by atoms with E-state index in [0.717, 1.165) is 16.6 Å². The van der Waals surface area contributed by atoms with Crippen molar-refractivity contribution in [1.29, 1.82) is 0 Å². The van der Waals surface area contributed by atoms with Gasteiger partial charge in [0.2, 0.25) is 11.8 Å². The van der Waals surface area contributed by atoms with Crippen molar-refractivity contribution in [1.82, 2.24) is 4.57 Å². The Hall–Kier alpha value is -3.32. The summed E-state index contributed by atoms with van der Waals surface area (Å²) in [5, 5.41) is 0. The number of anilines is 1. The molecule has 6 nitrogen and oxygen atoms in total. The third kappa shape index (κ3) is 3.64. The number of rotatable bonds is 5. The van der Waals surface area contributed by atoms with E-state index in [9.17, 15) is 14.4 Å². The first-order chi connectivity index (χ1) is 14.5. The van der Waals surface area contributed by atoms with E-state index in [4.69, 9.17) is 0 Å². The molecule has 2 aromatic carbocycles. The van der Waals surface area contributed by atoms with E-state index in [2.05, 4.69) is 36.7 Å². The molecule has 152 valence electrons. The highest BCUT2D eigenvalue weighted by molar-refractivity contribution is 7.16. The van der Waals surface area contributed by atoms with Crippen LogP contribution >= 0.6 is 11.3 Å². The molecule has 1 saturated heterocycles. The highest BCUT2D eigenvalue weighted by Gasteiger charge is 2.30. The van der Waals surface area contributed by atoms with Crippen molar-refractivity contribution in [2.75, 3.05) is 4.90 Å². The zero-order valence-electron chi connectivity index (χ0n) is 16.6. The molecule has 0 saturated carbocycles. The number of imide groups is 1. The van der Waals surface area contributed by atoms with Gasteiger partial charge in [0.1, 0.15) is 0 Å². The minimum Gasteiger partial charge on any atom is -0.312 e. The first kappa shape index (κ1) is 20.0. The smallest absolute Gasteiger partial charge is 0.279 e. The molecule has 3 aromatic rings. The molecule has 4 rings (SSSR count). The molecule has 0 radical (unpaired) electrons. The number of hydrogen-bond donors (Lipinski definition) is 0. The van der Waals surface area contributed by atoms with Crippen molar-refractivity contribution in [2.24, 2.45) is 4.99 Å². The Morgan fingerprint density at radius 3 is 2.47 bits per heavy atom. The molecular formula is C23H21N3O3S. The Kier molecular flexibility index (Phi) is 5.46. The maximum Gasteiger partial charge on any atom is 0.279 e. The monoisotopic (exact) mass is 419 g/mol. The number of thiazole rings is 1. The van der Waals surface area contributed by atoms with Gasteiger partial charge in [0.05, 0.1) is 15.9 Å². The van der Waals surface area contributed by atoms with Gasteiger partial charge in [-0.2, -0.15) is 4.99 Å². The van der Waals surface area contributed by atoms with Gasteiger partial charge in [0, 0.05) is 24.9 Å². The van der Waals surface area contributed by atoms with Crippen LogP contribution in [0.2, 0.25) is 0 Å². The van der Waals surface area contributed by atoms with Crippen molar-refractivity contribution in [3.8, 4) is 0 Å². The number of aryl methyl sites for hydroxylation is 1. The lowest BCUT2D eigenvalue weighted by Crippen LogP contribution is -2.28. The van der Waals surface area contributed by atoms with E-state index < -0.39 is 0 Å². The number of carbonyl (C=O) groups excluding carboxylic acids is 3. The molecule has 0 spiro atoms. The van der Waals surface area contributed by atoms with Crippen LogP contribution in [0.3, 0.4) is 0 Å². The van der Waals surface area contributed by atoms with Crippen LogP contribution in [0, 0.1) is 0 Å². The highest BCUT2D eigenvalue weighted by Crippen LogP contribution is 2.23. The largest absolute Gasteiger partial charge is 0.312 e. The van der Waals surface area contributed by atoms with Crippen molar-refractivity contribution < 1.29 is 14.4 Å². The van der Waals surface area contributed by atoms with Crippen LogP contribution < -0.4 is 9.70 Å². The zero-order valence-corrected chi connectivity index (χ0v) is 17.4. The van der Waals surface area contributed by atoms with Crippen molar-refractivity contribution >= 4 is 45.0 Å². The van der Waals surface area contributed by atoms with Gasteiger partial charge in [-0.1, -0.05) is 30.4 Å². The first-order valence-electron chi connectivity index (χ1n) is 9.80. The van der Waals surface area contributed by atoms with Crippen LogP contribution in [-0.2, 0) is 22.6 Å². The fourth-order valence-corrected chi connectivity index (χ4v) is 4.60. The molecule has 2 heterocycles. The molecule has 1 aliphatic rings. The Morgan fingerprint density at radius 1 is 1.13 bits per heavy atom. The SMILES string of the molecule is C=CCn1c(=NC(=O)c2ccc(N3C(=O)CCC3=O)cc2)sc2cc(CC)ccc21. The molecular weight excluding hydrogens is 398 g/mol. The standard InChI is InChI=1S/C23H21N3O3S/c1-3-13-25-18-10-5-15(4-2)14-19(18)30-23(25)24-22(29)16-6-8-17(9-7-16)26-20(27)11-12-21(26)28/h3,5-10,14H,1,4,11-13H2,2H3. The minimum absolute atomic E-state index is 0.217. The lowest BCUT2D eigenvalue weighted by atomic mass is 10.2. The number of fused-ring (bicyclic) bond motifs is 1. The summed E-state index contributed by atoms with van der Waals surface area (Å²) in [7, 11) is 0. The number of amides is 3. The second-order valence-electron chi connectivity index (χ2n) is 7.03. The van der Waals surface area contributed by atoms with Crippen LogP contribution in [0.1, 0.15) is 35.7 Å². The van der Waals surface area contributed by atoms with Crippen molar-refractivity contribution in [2.45, 2.75) is 32.7 Å². The van der Waals surface area contributed by atoms with Crippen LogP contribution in [-0.4, -0.2) is 22.3 Å². The maximum atomic E-state index is 12.8. The van der Waals surface area contributed by atoms with Crippen LogP contribution in [0.15, 0.2) is 60.1 Å². The molecule has 3 amide bonds. The van der Waals surface area contributed by atoms with Gasteiger partial charge in [-0.3, -0.25) is 19.3 Å². The summed E-state index contributed by atoms with van der Waals surface area (Å²) in [6.07, 6.45) is 3.17. The van der Waals surface area contributed by atoms with Gasteiger partial charge in [-0.15, -0.1) is 6.58 Å². The molecule has 7 heteroatoms. The average Bonchev–Trinajstić information content (AvgIpc) is 3.27. The van der Waals surface area contributed by atoms with Crippen molar-refractivity contribution in [3.05, 3.63) is 71.0 Å². The topological polar surface area (TPSA) is 71.7 Å². The van der Waals surface area contributed by atoms with E-state index in [1.807, 2.05) is 4.57 Å². The summed E-state index contributed by atoms with van der Waals surface area (Å²) in [5.74, 6) is -0.808. The minimum atomic E-state index is -0.374. The van der Waals surface area contributed by atoms with E-state index in [0.29, 0.717) is 22.6 Å². The fourth-order valence-electron chi connectivity index (χ4n) is 3.50. The maximum absolute atomic E-state index is 12.8. The van der Waals surface area contributed by atoms with Gasteiger partial charge in [0.15, 0.2) is 4.80 Å². The Labute approximate surface area is 177 Å². The van der Waals surface area contributed by atoms with Crippen LogP contribution in [0.25, 0.3) is 10.2 Å². The highest BCUT2D eigenvalue weighted by atomic mass is 32.1. The molecule has 30 heavy (non-hydrogen) atoms. The van der Waals surface area contributed by atoms with Gasteiger partial charge < -0.3 is 4.57 Å². The molecule has 1 fully saturated rings. The predicted molar refractivity (Wildman–Crippen MR) is 117 cm³/mol. The summed E-state index contributed by atoms with van der Waals surface area (Å²) in [4.78, 5) is 42.7. The number of benzene rings is 2. The molecule has 0 unspecified atom stereocenters. The summed E-state index contributed by atoms with van der Waals surface area (Å²) < 4.78 is 3.05. The number of carbonyl (C=O) groups is 3.